The molecule has 1 atom stereocenters. The summed E-state index contributed by atoms with van der Waals surface area (Å²) < 4.78 is 17.2. The minimum atomic E-state index is -0.583. The van der Waals surface area contributed by atoms with E-state index in [-0.39, 0.29) is 6.61 Å². The van der Waals surface area contributed by atoms with Crippen molar-refractivity contribution in [2.45, 2.75) is 31.8 Å². The van der Waals surface area contributed by atoms with E-state index in [1.165, 1.54) is 18.4 Å². The van der Waals surface area contributed by atoms with Gasteiger partial charge >= 0.3 is 0 Å². The third-order valence-electron chi connectivity index (χ3n) is 5.67. The van der Waals surface area contributed by atoms with E-state index in [9.17, 15) is 5.11 Å². The maximum atomic E-state index is 10.2. The summed E-state index contributed by atoms with van der Waals surface area (Å²) >= 11 is 0. The number of pyridine rings is 1. The molecule has 3 aromatic rings. The van der Waals surface area contributed by atoms with E-state index in [1.807, 2.05) is 42.5 Å². The SMILES string of the molecule is O[C@@H](CNCCOc1ccc2ncccc2c1)COc1ccc(CCCOCC2CC2)cc1. The second-order valence-electron chi connectivity index (χ2n) is 8.64. The number of nitrogens with one attached hydrogen (secondary N) is 1. The number of aromatic nitrogens is 1. The topological polar surface area (TPSA) is 72.8 Å². The highest BCUT2D eigenvalue weighted by Crippen LogP contribution is 2.28. The molecule has 0 saturated heterocycles. The number of hydrogen-bond acceptors (Lipinski definition) is 6. The summed E-state index contributed by atoms with van der Waals surface area (Å²) in [5.41, 5.74) is 2.23. The Hall–Kier alpha value is -2.67. The Labute approximate surface area is 195 Å². The van der Waals surface area contributed by atoms with Crippen molar-refractivity contribution in [2.24, 2.45) is 5.92 Å². The highest BCUT2D eigenvalue weighted by Gasteiger charge is 2.20. The van der Waals surface area contributed by atoms with Crippen molar-refractivity contribution in [3.63, 3.8) is 0 Å². The third kappa shape index (κ3) is 8.31. The van der Waals surface area contributed by atoms with Crippen molar-refractivity contribution < 1.29 is 19.3 Å². The van der Waals surface area contributed by atoms with E-state index in [0.29, 0.717) is 19.7 Å². The fourth-order valence-corrected chi connectivity index (χ4v) is 3.57. The molecule has 1 aliphatic rings. The highest BCUT2D eigenvalue weighted by molar-refractivity contribution is 5.79. The fraction of sp³-hybridized carbons (Fsp3) is 0.444. The second-order valence-corrected chi connectivity index (χ2v) is 8.64. The maximum Gasteiger partial charge on any atom is 0.120 e. The largest absolute Gasteiger partial charge is 0.492 e. The van der Waals surface area contributed by atoms with Crippen LogP contribution < -0.4 is 14.8 Å². The normalized spacial score (nSPS) is 14.3. The van der Waals surface area contributed by atoms with Crippen LogP contribution in [0.5, 0.6) is 11.5 Å². The lowest BCUT2D eigenvalue weighted by molar-refractivity contribution is 0.105. The van der Waals surface area contributed by atoms with Crippen molar-refractivity contribution >= 4 is 10.9 Å². The van der Waals surface area contributed by atoms with Crippen molar-refractivity contribution in [1.82, 2.24) is 10.3 Å². The van der Waals surface area contributed by atoms with Gasteiger partial charge in [0.25, 0.3) is 0 Å². The van der Waals surface area contributed by atoms with Gasteiger partial charge in [-0.15, -0.1) is 0 Å². The van der Waals surface area contributed by atoms with E-state index in [1.54, 1.807) is 6.20 Å². The third-order valence-corrected chi connectivity index (χ3v) is 5.67. The van der Waals surface area contributed by atoms with Crippen molar-refractivity contribution in [3.8, 4) is 11.5 Å². The Morgan fingerprint density at radius 2 is 1.85 bits per heavy atom. The molecule has 1 aliphatic carbocycles. The van der Waals surface area contributed by atoms with Gasteiger partial charge in [0.2, 0.25) is 0 Å². The van der Waals surface area contributed by atoms with E-state index in [0.717, 1.165) is 54.4 Å². The van der Waals surface area contributed by atoms with Crippen LogP contribution in [0.1, 0.15) is 24.8 Å². The summed E-state index contributed by atoms with van der Waals surface area (Å²) in [6.07, 6.45) is 5.93. The van der Waals surface area contributed by atoms with Crippen LogP contribution in [0.25, 0.3) is 10.9 Å². The number of hydrogen-bond donors (Lipinski definition) is 2. The summed E-state index contributed by atoms with van der Waals surface area (Å²) in [7, 11) is 0. The first-order chi connectivity index (χ1) is 16.3. The van der Waals surface area contributed by atoms with Gasteiger partial charge in [-0.1, -0.05) is 18.2 Å². The molecule has 2 N–H and O–H groups in total. The smallest absolute Gasteiger partial charge is 0.120 e. The molecular formula is C27H34N2O4. The lowest BCUT2D eigenvalue weighted by atomic mass is 10.1. The van der Waals surface area contributed by atoms with Gasteiger partial charge in [0.1, 0.15) is 30.8 Å². The molecule has 33 heavy (non-hydrogen) atoms. The molecule has 4 rings (SSSR count). The molecule has 176 valence electrons. The van der Waals surface area contributed by atoms with E-state index >= 15 is 0 Å². The van der Waals surface area contributed by atoms with E-state index in [2.05, 4.69) is 22.4 Å². The summed E-state index contributed by atoms with van der Waals surface area (Å²) in [4.78, 5) is 4.31. The molecule has 1 aromatic heterocycles. The molecule has 1 fully saturated rings. The fourth-order valence-electron chi connectivity index (χ4n) is 3.57. The molecule has 0 unspecified atom stereocenters. The number of aliphatic hydroxyl groups is 1. The minimum absolute atomic E-state index is 0.250. The van der Waals surface area contributed by atoms with Gasteiger partial charge < -0.3 is 24.6 Å². The molecule has 0 radical (unpaired) electrons. The number of benzene rings is 2. The van der Waals surface area contributed by atoms with Gasteiger partial charge in [-0.25, -0.2) is 0 Å². The van der Waals surface area contributed by atoms with Gasteiger partial charge in [-0.2, -0.15) is 0 Å². The summed E-state index contributed by atoms with van der Waals surface area (Å²) in [6, 6.07) is 17.9. The Balaban J connectivity index is 1.05. The molecule has 2 aromatic carbocycles. The summed E-state index contributed by atoms with van der Waals surface area (Å²) in [5, 5.41) is 14.4. The zero-order valence-corrected chi connectivity index (χ0v) is 19.1. The molecule has 1 saturated carbocycles. The number of aryl methyl sites for hydroxylation is 1. The number of aliphatic hydroxyl groups excluding tert-OH is 1. The lowest BCUT2D eigenvalue weighted by Crippen LogP contribution is -2.33. The monoisotopic (exact) mass is 450 g/mol. The standard InChI is InChI=1S/C27H34N2O4/c30-24(18-28-14-16-32-26-11-12-27-23(17-26)4-1-13-29-27)20-33-25-9-7-21(8-10-25)3-2-15-31-19-22-5-6-22/h1,4,7-13,17,22,24,28,30H,2-3,5-6,14-16,18-20H2/t24-/m0/s1. The maximum absolute atomic E-state index is 10.2. The summed E-state index contributed by atoms with van der Waals surface area (Å²) in [6.45, 7) is 3.62. The van der Waals surface area contributed by atoms with Gasteiger partial charge in [-0.05, 0) is 73.6 Å². The number of nitrogens with zero attached hydrogens (tertiary/aromatic N) is 1. The zero-order chi connectivity index (χ0) is 22.7. The van der Waals surface area contributed by atoms with Crippen molar-refractivity contribution in [3.05, 3.63) is 66.4 Å². The molecule has 6 heteroatoms. The van der Waals surface area contributed by atoms with E-state index in [4.69, 9.17) is 14.2 Å². The quantitative estimate of drug-likeness (QED) is 0.341. The number of ether oxygens (including phenoxy) is 3. The highest BCUT2D eigenvalue weighted by atomic mass is 16.5. The molecule has 0 spiro atoms. The first kappa shape index (κ1) is 23.5. The predicted octanol–water partition coefficient (Wildman–Crippen LogP) is 4.00. The Morgan fingerprint density at radius 1 is 1.00 bits per heavy atom. The first-order valence-corrected chi connectivity index (χ1v) is 11.9. The van der Waals surface area contributed by atoms with Crippen LogP contribution in [0.15, 0.2) is 60.8 Å². The second kappa shape index (κ2) is 12.5. The van der Waals surface area contributed by atoms with Crippen LogP contribution in [0.3, 0.4) is 0 Å². The lowest BCUT2D eigenvalue weighted by Gasteiger charge is -2.14. The van der Waals surface area contributed by atoms with Crippen molar-refractivity contribution in [2.75, 3.05) is 39.5 Å². The van der Waals surface area contributed by atoms with Crippen LogP contribution in [0.2, 0.25) is 0 Å². The Kier molecular flexibility index (Phi) is 8.92. The molecule has 0 amide bonds. The average molecular weight is 451 g/mol. The van der Waals surface area contributed by atoms with Crippen LogP contribution in [-0.2, 0) is 11.2 Å². The van der Waals surface area contributed by atoms with E-state index < -0.39 is 6.10 Å². The van der Waals surface area contributed by atoms with Gasteiger partial charge in [0.15, 0.2) is 0 Å². The zero-order valence-electron chi connectivity index (χ0n) is 19.1. The molecule has 0 bridgehead atoms. The first-order valence-electron chi connectivity index (χ1n) is 11.9. The minimum Gasteiger partial charge on any atom is -0.492 e. The van der Waals surface area contributed by atoms with Crippen molar-refractivity contribution in [1.29, 1.82) is 0 Å². The van der Waals surface area contributed by atoms with Crippen LogP contribution in [0.4, 0.5) is 0 Å². The summed E-state index contributed by atoms with van der Waals surface area (Å²) in [5.74, 6) is 2.42. The van der Waals surface area contributed by atoms with Crippen LogP contribution >= 0.6 is 0 Å². The number of rotatable bonds is 15. The molecule has 0 aliphatic heterocycles. The molecule has 6 nitrogen and oxygen atoms in total. The molecular weight excluding hydrogens is 416 g/mol. The Morgan fingerprint density at radius 3 is 2.70 bits per heavy atom. The average Bonchev–Trinajstić information content (AvgIpc) is 3.67. The van der Waals surface area contributed by atoms with Gasteiger partial charge in [-0.3, -0.25) is 4.98 Å². The van der Waals surface area contributed by atoms with Crippen LogP contribution in [0, 0.1) is 5.92 Å². The number of fused-ring (bicyclic) bond motifs is 1. The van der Waals surface area contributed by atoms with Gasteiger partial charge in [0, 0.05) is 37.9 Å². The van der Waals surface area contributed by atoms with Gasteiger partial charge in [0.05, 0.1) is 5.52 Å². The Bertz CT molecular complexity index is 975. The predicted molar refractivity (Wildman–Crippen MR) is 130 cm³/mol. The molecule has 1 heterocycles. The van der Waals surface area contributed by atoms with Crippen LogP contribution in [-0.4, -0.2) is 55.7 Å².